The van der Waals surface area contributed by atoms with Crippen LogP contribution in [0.1, 0.15) is 34.7 Å². The number of hydrogen-bond acceptors (Lipinski definition) is 5. The number of piperidine rings is 1. The zero-order valence-corrected chi connectivity index (χ0v) is 18.4. The first kappa shape index (κ1) is 21.3. The third kappa shape index (κ3) is 4.55. The normalized spacial score (nSPS) is 15.2. The molecule has 31 heavy (non-hydrogen) atoms. The van der Waals surface area contributed by atoms with Gasteiger partial charge in [0.25, 0.3) is 5.91 Å². The highest BCUT2D eigenvalue weighted by molar-refractivity contribution is 7.89. The van der Waals surface area contributed by atoms with Crippen molar-refractivity contribution >= 4 is 15.9 Å². The maximum atomic E-state index is 12.9. The summed E-state index contributed by atoms with van der Waals surface area (Å²) >= 11 is 0. The van der Waals surface area contributed by atoms with E-state index < -0.39 is 10.0 Å². The lowest BCUT2D eigenvalue weighted by atomic mass is 10.0. The first-order valence-electron chi connectivity index (χ1n) is 10.2. The number of amides is 1. The van der Waals surface area contributed by atoms with Crippen LogP contribution in [0.15, 0.2) is 64.0 Å². The fraction of sp³-hybridized carbons (Fsp3) is 0.304. The molecule has 162 valence electrons. The van der Waals surface area contributed by atoms with E-state index in [2.05, 4.69) is 9.88 Å². The third-order valence-electron chi connectivity index (χ3n) is 5.58. The highest BCUT2D eigenvalue weighted by Crippen LogP contribution is 2.23. The van der Waals surface area contributed by atoms with Gasteiger partial charge in [0.1, 0.15) is 10.6 Å². The number of aromatic nitrogens is 1. The summed E-state index contributed by atoms with van der Waals surface area (Å²) in [6, 6.07) is 17.4. The Balaban J connectivity index is 1.37. The van der Waals surface area contributed by atoms with Gasteiger partial charge in [-0.05, 0) is 49.9 Å². The van der Waals surface area contributed by atoms with Crippen LogP contribution in [-0.4, -0.2) is 43.5 Å². The Labute approximate surface area is 182 Å². The van der Waals surface area contributed by atoms with Crippen molar-refractivity contribution < 1.29 is 17.7 Å². The summed E-state index contributed by atoms with van der Waals surface area (Å²) < 4.78 is 33.1. The van der Waals surface area contributed by atoms with Crippen LogP contribution in [0.2, 0.25) is 0 Å². The number of aryl methyl sites for hydroxylation is 2. The van der Waals surface area contributed by atoms with Crippen molar-refractivity contribution in [3.63, 3.8) is 0 Å². The van der Waals surface area contributed by atoms with Gasteiger partial charge in [0.15, 0.2) is 5.76 Å². The van der Waals surface area contributed by atoms with Gasteiger partial charge in [0.05, 0.1) is 0 Å². The van der Waals surface area contributed by atoms with E-state index in [0.717, 1.165) is 11.1 Å². The average molecular weight is 440 g/mol. The lowest BCUT2D eigenvalue weighted by Crippen LogP contribution is -2.46. The molecule has 0 saturated carbocycles. The summed E-state index contributed by atoms with van der Waals surface area (Å²) in [5.74, 6) is 0.239. The topological polar surface area (TPSA) is 92.5 Å². The van der Waals surface area contributed by atoms with Crippen molar-refractivity contribution in [2.75, 3.05) is 13.1 Å². The van der Waals surface area contributed by atoms with Crippen molar-refractivity contribution in [2.45, 2.75) is 37.6 Å². The first-order valence-corrected chi connectivity index (χ1v) is 11.7. The van der Waals surface area contributed by atoms with Gasteiger partial charge in [0.2, 0.25) is 10.0 Å². The zero-order valence-electron chi connectivity index (χ0n) is 17.5. The minimum absolute atomic E-state index is 0.0355. The number of nitrogens with zero attached hydrogens (tertiary/aromatic N) is 2. The zero-order chi connectivity index (χ0) is 22.0. The van der Waals surface area contributed by atoms with Gasteiger partial charge in [0, 0.05) is 24.7 Å². The van der Waals surface area contributed by atoms with Gasteiger partial charge in [-0.3, -0.25) is 4.79 Å². The number of hydrogen-bond donors (Lipinski definition) is 1. The Bertz CT molecular complexity index is 1140. The Kier molecular flexibility index (Phi) is 5.93. The minimum atomic E-state index is -3.71. The van der Waals surface area contributed by atoms with Crippen LogP contribution in [0.3, 0.4) is 0 Å². The number of nitrogens with one attached hydrogen (secondary N) is 1. The van der Waals surface area contributed by atoms with Crippen LogP contribution < -0.4 is 4.72 Å². The summed E-state index contributed by atoms with van der Waals surface area (Å²) in [4.78, 5) is 14.8. The van der Waals surface area contributed by atoms with E-state index in [1.165, 1.54) is 0 Å². The number of rotatable bonds is 5. The molecule has 2 aromatic carbocycles. The van der Waals surface area contributed by atoms with Gasteiger partial charge in [-0.2, -0.15) is 0 Å². The Morgan fingerprint density at radius 3 is 2.19 bits per heavy atom. The molecule has 3 aromatic rings. The van der Waals surface area contributed by atoms with Crippen molar-refractivity contribution in [1.29, 1.82) is 0 Å². The summed E-state index contributed by atoms with van der Waals surface area (Å²) in [5.41, 5.74) is 3.14. The molecule has 8 heteroatoms. The molecular formula is C23H25N3O4S. The number of likely N-dealkylation sites (tertiary alicyclic amines) is 1. The molecule has 0 bridgehead atoms. The third-order valence-corrected chi connectivity index (χ3v) is 7.34. The number of carbonyl (C=O) groups is 1. The highest BCUT2D eigenvalue weighted by Gasteiger charge is 2.30. The second-order valence-electron chi connectivity index (χ2n) is 7.78. The quantitative estimate of drug-likeness (QED) is 0.656. The predicted octanol–water partition coefficient (Wildman–Crippen LogP) is 3.54. The minimum Gasteiger partial charge on any atom is -0.360 e. The van der Waals surface area contributed by atoms with Crippen LogP contribution >= 0.6 is 0 Å². The molecule has 0 atom stereocenters. The Morgan fingerprint density at radius 2 is 1.61 bits per heavy atom. The molecule has 1 fully saturated rings. The van der Waals surface area contributed by atoms with Crippen LogP contribution in [-0.2, 0) is 10.0 Å². The van der Waals surface area contributed by atoms with Gasteiger partial charge in [-0.15, -0.1) is 0 Å². The maximum absolute atomic E-state index is 12.9. The van der Waals surface area contributed by atoms with E-state index in [1.54, 1.807) is 18.7 Å². The monoisotopic (exact) mass is 439 g/mol. The Hall–Kier alpha value is -2.97. The Morgan fingerprint density at radius 1 is 1.00 bits per heavy atom. The standard InChI is InChI=1S/C23H25N3O4S/c1-16-22(17(2)30-24-16)31(28,29)25-21-12-14-26(15-13-21)23(27)20-10-8-19(9-11-20)18-6-4-3-5-7-18/h3-11,21,25H,12-15H2,1-2H3. The molecular weight excluding hydrogens is 414 g/mol. The largest absolute Gasteiger partial charge is 0.360 e. The first-order chi connectivity index (χ1) is 14.8. The van der Waals surface area contributed by atoms with Gasteiger partial charge < -0.3 is 9.42 Å². The molecule has 1 amide bonds. The smallest absolute Gasteiger partial charge is 0.253 e. The van der Waals surface area contributed by atoms with E-state index in [0.29, 0.717) is 37.2 Å². The molecule has 1 aromatic heterocycles. The maximum Gasteiger partial charge on any atom is 0.253 e. The molecule has 0 unspecified atom stereocenters. The van der Waals surface area contributed by atoms with Crippen molar-refractivity contribution in [3.8, 4) is 11.1 Å². The molecule has 0 spiro atoms. The van der Waals surface area contributed by atoms with E-state index in [-0.39, 0.29) is 22.6 Å². The average Bonchev–Trinajstić information content (AvgIpc) is 3.13. The molecule has 0 radical (unpaired) electrons. The molecule has 1 N–H and O–H groups in total. The summed E-state index contributed by atoms with van der Waals surface area (Å²) in [5, 5.41) is 3.72. The van der Waals surface area contributed by atoms with E-state index in [1.807, 2.05) is 54.6 Å². The van der Waals surface area contributed by atoms with Crippen LogP contribution in [0.25, 0.3) is 11.1 Å². The molecule has 7 nitrogen and oxygen atoms in total. The molecule has 1 saturated heterocycles. The van der Waals surface area contributed by atoms with Crippen LogP contribution in [0.5, 0.6) is 0 Å². The van der Waals surface area contributed by atoms with Crippen LogP contribution in [0.4, 0.5) is 0 Å². The van der Waals surface area contributed by atoms with Crippen molar-refractivity contribution in [3.05, 3.63) is 71.6 Å². The second kappa shape index (κ2) is 8.64. The molecule has 1 aliphatic heterocycles. The molecule has 2 heterocycles. The van der Waals surface area contributed by atoms with Crippen molar-refractivity contribution in [1.82, 2.24) is 14.8 Å². The number of benzene rings is 2. The van der Waals surface area contributed by atoms with E-state index in [9.17, 15) is 13.2 Å². The van der Waals surface area contributed by atoms with Gasteiger partial charge in [-0.1, -0.05) is 47.6 Å². The SMILES string of the molecule is Cc1noc(C)c1S(=O)(=O)NC1CCN(C(=O)c2ccc(-c3ccccc3)cc2)CC1. The number of carbonyl (C=O) groups excluding carboxylic acids is 1. The predicted molar refractivity (Wildman–Crippen MR) is 117 cm³/mol. The summed E-state index contributed by atoms with van der Waals surface area (Å²) in [6.07, 6.45) is 1.10. The molecule has 1 aliphatic rings. The second-order valence-corrected chi connectivity index (χ2v) is 9.44. The fourth-order valence-corrected chi connectivity index (χ4v) is 5.59. The lowest BCUT2D eigenvalue weighted by molar-refractivity contribution is 0.0711. The summed E-state index contributed by atoms with van der Waals surface area (Å²) in [6.45, 7) is 4.18. The summed E-state index contributed by atoms with van der Waals surface area (Å²) in [7, 11) is -3.71. The van der Waals surface area contributed by atoms with Crippen LogP contribution in [0, 0.1) is 13.8 Å². The molecule has 4 rings (SSSR count). The molecule has 0 aliphatic carbocycles. The van der Waals surface area contributed by atoms with E-state index >= 15 is 0 Å². The highest BCUT2D eigenvalue weighted by atomic mass is 32.2. The van der Waals surface area contributed by atoms with Gasteiger partial charge >= 0.3 is 0 Å². The lowest BCUT2D eigenvalue weighted by Gasteiger charge is -2.32. The number of sulfonamides is 1. The van der Waals surface area contributed by atoms with Gasteiger partial charge in [-0.25, -0.2) is 13.1 Å². The van der Waals surface area contributed by atoms with E-state index in [4.69, 9.17) is 4.52 Å². The van der Waals surface area contributed by atoms with Crippen molar-refractivity contribution in [2.24, 2.45) is 0 Å². The fourth-order valence-electron chi connectivity index (χ4n) is 3.96.